The highest BCUT2D eigenvalue weighted by Crippen LogP contribution is 2.15. The average Bonchev–Trinajstić information content (AvgIpc) is 2.98. The van der Waals surface area contributed by atoms with Crippen molar-refractivity contribution in [2.24, 2.45) is 0 Å². The molecule has 0 saturated heterocycles. The van der Waals surface area contributed by atoms with E-state index in [0.717, 1.165) is 8.19 Å². The predicted octanol–water partition coefficient (Wildman–Crippen LogP) is 2.97. The third-order valence-corrected chi connectivity index (χ3v) is 4.76. The molecule has 0 bridgehead atoms. The van der Waals surface area contributed by atoms with Crippen LogP contribution in [0.25, 0.3) is 11.2 Å². The minimum absolute atomic E-state index is 0.205. The van der Waals surface area contributed by atoms with Gasteiger partial charge in [0, 0.05) is 12.4 Å². The zero-order valence-corrected chi connectivity index (χ0v) is 13.2. The molecule has 0 aliphatic rings. The van der Waals surface area contributed by atoms with Crippen LogP contribution in [0, 0.1) is 0 Å². The normalized spacial score (nSPS) is 11.2. The largest absolute Gasteiger partial charge is 0.339 e. The maximum atomic E-state index is 12.5. The highest BCUT2D eigenvalue weighted by Gasteiger charge is 2.07. The van der Waals surface area contributed by atoms with Gasteiger partial charge in [-0.25, -0.2) is 19.1 Å². The first-order valence-electron chi connectivity index (χ1n) is 6.38. The van der Waals surface area contributed by atoms with Crippen molar-refractivity contribution in [2.45, 2.75) is 0 Å². The second-order valence-electron chi connectivity index (χ2n) is 4.06. The lowest BCUT2D eigenvalue weighted by Crippen LogP contribution is -2.16. The lowest BCUT2D eigenvalue weighted by molar-refractivity contribution is 1.06. The van der Waals surface area contributed by atoms with Crippen molar-refractivity contribution < 1.29 is 0 Å². The van der Waals surface area contributed by atoms with E-state index in [9.17, 15) is 4.79 Å². The summed E-state index contributed by atoms with van der Waals surface area (Å²) in [5.41, 5.74) is 0.574. The number of nitrogens with zero attached hydrogens (tertiary/aromatic N) is 4. The van der Waals surface area contributed by atoms with Crippen molar-refractivity contribution in [3.63, 3.8) is 0 Å². The van der Waals surface area contributed by atoms with E-state index < -0.39 is 8.00 Å². The molecule has 0 radical (unpaired) electrons. The van der Waals surface area contributed by atoms with Gasteiger partial charge in [0.25, 0.3) is 5.56 Å². The molecular weight excluding hydrogens is 318 g/mol. The maximum Gasteiger partial charge on any atom is 0.288 e. The summed E-state index contributed by atoms with van der Waals surface area (Å²) < 4.78 is 9.01. The van der Waals surface area contributed by atoms with Gasteiger partial charge in [-0.15, -0.1) is 0 Å². The molecule has 110 valence electrons. The summed E-state index contributed by atoms with van der Waals surface area (Å²) in [5.74, 6) is 4.01. The minimum Gasteiger partial charge on any atom is -0.339 e. The number of aromatic nitrogens is 6. The van der Waals surface area contributed by atoms with Crippen LogP contribution in [-0.2, 0) is 0 Å². The molecule has 3 heterocycles. The van der Waals surface area contributed by atoms with Crippen LogP contribution in [0.3, 0.4) is 0 Å². The Morgan fingerprint density at radius 3 is 2.91 bits per heavy atom. The van der Waals surface area contributed by atoms with E-state index >= 15 is 0 Å². The Morgan fingerprint density at radius 1 is 1.14 bits per heavy atom. The molecule has 0 aliphatic carbocycles. The van der Waals surface area contributed by atoms with Crippen molar-refractivity contribution in [3.8, 4) is 0 Å². The van der Waals surface area contributed by atoms with Gasteiger partial charge in [-0.3, -0.25) is 4.79 Å². The Labute approximate surface area is 128 Å². The summed E-state index contributed by atoms with van der Waals surface area (Å²) in [5, 5.41) is 0. The Hall–Kier alpha value is -2.49. The predicted molar refractivity (Wildman–Crippen MR) is 88.0 cm³/mol. The van der Waals surface area contributed by atoms with Gasteiger partial charge in [0.05, 0.1) is 6.33 Å². The molecule has 3 rings (SSSR count). The van der Waals surface area contributed by atoms with Crippen LogP contribution in [0.1, 0.15) is 0 Å². The van der Waals surface area contributed by atoms with Crippen LogP contribution < -0.4 is 5.56 Å². The standard InChI is InChI=1S/C13H12N6OP2/c20-13-11-12(15-9-14-11)16-10-19(13)22-17-5-1-3-7-21-8-4-2-6-18-22/h1-10,17H,(H,14,15). The number of fused-ring (bicyclic) bond motifs is 1. The van der Waals surface area contributed by atoms with Gasteiger partial charge in [0.15, 0.2) is 19.2 Å². The molecule has 0 amide bonds. The Morgan fingerprint density at radius 2 is 2.00 bits per heavy atom. The number of rotatable bonds is 1. The first-order valence-corrected chi connectivity index (χ1v) is 8.66. The fraction of sp³-hybridized carbons (Fsp3) is 0. The third-order valence-electron chi connectivity index (χ3n) is 2.65. The third kappa shape index (κ3) is 3.22. The lowest BCUT2D eigenvalue weighted by Gasteiger charge is -2.01. The number of aromatic amines is 2. The second-order valence-corrected chi connectivity index (χ2v) is 6.46. The van der Waals surface area contributed by atoms with Crippen molar-refractivity contribution in [3.05, 3.63) is 71.3 Å². The molecule has 22 heavy (non-hydrogen) atoms. The van der Waals surface area contributed by atoms with E-state index in [4.69, 9.17) is 0 Å². The van der Waals surface area contributed by atoms with Gasteiger partial charge in [0.2, 0.25) is 0 Å². The number of hydrogen-bond donors (Lipinski definition) is 2. The van der Waals surface area contributed by atoms with Crippen LogP contribution in [0.2, 0.25) is 0 Å². The maximum absolute atomic E-state index is 12.5. The summed E-state index contributed by atoms with van der Waals surface area (Å²) in [6.45, 7) is 0. The minimum atomic E-state index is -1.31. The Balaban J connectivity index is 2.22. The first-order chi connectivity index (χ1) is 10.9. The molecule has 7 nitrogen and oxygen atoms in total. The van der Waals surface area contributed by atoms with E-state index in [1.807, 2.05) is 35.9 Å². The molecule has 3 aromatic heterocycles. The number of H-pyrrole nitrogens is 2. The number of imidazole rings is 1. The molecule has 0 aliphatic heterocycles. The Kier molecular flexibility index (Phi) is 4.59. The quantitative estimate of drug-likeness (QED) is 0.717. The summed E-state index contributed by atoms with van der Waals surface area (Å²) in [4.78, 5) is 23.4. The summed E-state index contributed by atoms with van der Waals surface area (Å²) in [6, 6.07) is 7.53. The molecule has 0 aromatic carbocycles. The molecule has 3 aromatic rings. The lowest BCUT2D eigenvalue weighted by atomic mass is 10.6. The monoisotopic (exact) mass is 330 g/mol. The van der Waals surface area contributed by atoms with Crippen LogP contribution in [0.5, 0.6) is 0 Å². The summed E-state index contributed by atoms with van der Waals surface area (Å²) in [7, 11) is -0.212. The SMILES string of the molecule is O=c1c2[nH]cnc2ncn1-p1nccccpcccc[nH]1. The van der Waals surface area contributed by atoms with Gasteiger partial charge in [-0.1, -0.05) is 20.3 Å². The second kappa shape index (κ2) is 6.98. The zero-order valence-electron chi connectivity index (χ0n) is 11.4. The van der Waals surface area contributed by atoms with Crippen molar-refractivity contribution in [1.29, 1.82) is 0 Å². The van der Waals surface area contributed by atoms with Gasteiger partial charge in [0.1, 0.15) is 6.33 Å². The zero-order chi connectivity index (χ0) is 15.2. The molecule has 9 heteroatoms. The van der Waals surface area contributed by atoms with E-state index in [1.165, 1.54) is 17.0 Å². The average molecular weight is 330 g/mol. The molecular formula is C13H12N6OP2. The van der Waals surface area contributed by atoms with Crippen molar-refractivity contribution >= 4 is 27.4 Å². The van der Waals surface area contributed by atoms with Crippen molar-refractivity contribution in [1.82, 2.24) is 28.8 Å². The fourth-order valence-corrected chi connectivity index (χ4v) is 3.31. The highest BCUT2D eigenvalue weighted by atomic mass is 31.1. The van der Waals surface area contributed by atoms with E-state index in [0.29, 0.717) is 11.2 Å². The van der Waals surface area contributed by atoms with Crippen molar-refractivity contribution in [2.75, 3.05) is 0 Å². The molecule has 0 fully saturated rings. The number of nitrogens with one attached hydrogen (secondary N) is 2. The molecule has 1 unspecified atom stereocenters. The molecule has 0 saturated carbocycles. The van der Waals surface area contributed by atoms with Gasteiger partial charge < -0.3 is 9.73 Å². The van der Waals surface area contributed by atoms with Crippen LogP contribution in [-0.4, -0.2) is 28.8 Å². The van der Waals surface area contributed by atoms with Crippen LogP contribution in [0.15, 0.2) is 65.7 Å². The van der Waals surface area contributed by atoms with Gasteiger partial charge in [-0.05, 0) is 23.7 Å². The first kappa shape index (κ1) is 14.4. The van der Waals surface area contributed by atoms with E-state index in [2.05, 4.69) is 24.4 Å². The molecule has 0 spiro atoms. The van der Waals surface area contributed by atoms with Crippen LogP contribution >= 0.6 is 16.2 Å². The molecule has 2 N–H and O–H groups in total. The molecule has 1 atom stereocenters. The highest BCUT2D eigenvalue weighted by molar-refractivity contribution is 7.39. The summed E-state index contributed by atoms with van der Waals surface area (Å²) >= 11 is 0. The summed E-state index contributed by atoms with van der Waals surface area (Å²) in [6.07, 6.45) is 6.36. The van der Waals surface area contributed by atoms with E-state index in [1.54, 1.807) is 12.4 Å². The number of hydrogen-bond acceptors (Lipinski definition) is 4. The van der Waals surface area contributed by atoms with E-state index in [-0.39, 0.29) is 5.56 Å². The Bertz CT molecular complexity index is 908. The van der Waals surface area contributed by atoms with Crippen LogP contribution in [0.4, 0.5) is 0 Å². The van der Waals surface area contributed by atoms with Gasteiger partial charge in [-0.2, -0.15) is 0 Å². The fourth-order valence-electron chi connectivity index (χ4n) is 1.67. The topological polar surface area (TPSA) is 92.2 Å². The smallest absolute Gasteiger partial charge is 0.288 e. The van der Waals surface area contributed by atoms with Gasteiger partial charge >= 0.3 is 0 Å².